The lowest BCUT2D eigenvalue weighted by molar-refractivity contribution is -0.137. The van der Waals surface area contributed by atoms with Crippen LogP contribution < -0.4 is 5.32 Å². The number of hydrogen-bond acceptors (Lipinski definition) is 4. The molecule has 2 aliphatic rings. The number of benzene rings is 2. The lowest BCUT2D eigenvalue weighted by Crippen LogP contribution is -2.52. The number of halogens is 2. The van der Waals surface area contributed by atoms with Crippen molar-refractivity contribution in [2.75, 3.05) is 6.54 Å². The van der Waals surface area contributed by atoms with Gasteiger partial charge in [0.05, 0.1) is 12.5 Å². The standard InChI is InChI=1S/C29H33Cl2N3O4/c1-4-24(19-5-7-20(8-6-19)27(37)32-12-10-25(35)36)34-28(38)26(21-13-22(30)15-23(31)14-21)33-29(34)11-9-17(2)18(3)16-29/h5-8,13-15,17-18,24H,4,9-12,16H2,1-3H3,(H,32,37)(H,35,36). The predicted molar refractivity (Wildman–Crippen MR) is 149 cm³/mol. The lowest BCUT2D eigenvalue weighted by atomic mass is 9.74. The summed E-state index contributed by atoms with van der Waals surface area (Å²) in [7, 11) is 0. The highest BCUT2D eigenvalue weighted by molar-refractivity contribution is 6.47. The minimum absolute atomic E-state index is 0.0581. The van der Waals surface area contributed by atoms with Gasteiger partial charge in [-0.05, 0) is 73.4 Å². The summed E-state index contributed by atoms with van der Waals surface area (Å²) < 4.78 is 0. The van der Waals surface area contributed by atoms with Crippen LogP contribution >= 0.6 is 23.2 Å². The number of aliphatic carboxylic acids is 1. The van der Waals surface area contributed by atoms with Crippen molar-refractivity contribution in [2.45, 2.75) is 64.6 Å². The molecule has 4 unspecified atom stereocenters. The van der Waals surface area contributed by atoms with Gasteiger partial charge in [-0.3, -0.25) is 19.4 Å². The van der Waals surface area contributed by atoms with Gasteiger partial charge in [-0.1, -0.05) is 56.1 Å². The van der Waals surface area contributed by atoms with E-state index in [1.807, 2.05) is 24.0 Å². The fraction of sp³-hybridized carbons (Fsp3) is 0.448. The molecule has 2 amide bonds. The van der Waals surface area contributed by atoms with E-state index in [9.17, 15) is 14.4 Å². The number of rotatable bonds is 8. The normalized spacial score (nSPS) is 23.9. The van der Waals surface area contributed by atoms with Gasteiger partial charge >= 0.3 is 5.97 Å². The zero-order valence-electron chi connectivity index (χ0n) is 21.8. The Kier molecular flexibility index (Phi) is 8.48. The number of amides is 2. The van der Waals surface area contributed by atoms with Crippen LogP contribution in [-0.4, -0.2) is 45.7 Å². The number of carbonyl (C=O) groups is 3. The van der Waals surface area contributed by atoms with Crippen LogP contribution in [-0.2, 0) is 9.59 Å². The summed E-state index contributed by atoms with van der Waals surface area (Å²) in [4.78, 5) is 44.4. The molecule has 0 saturated heterocycles. The fourth-order valence-electron chi connectivity index (χ4n) is 5.61. The van der Waals surface area contributed by atoms with Crippen molar-refractivity contribution in [1.29, 1.82) is 0 Å². The molecule has 1 spiro atoms. The van der Waals surface area contributed by atoms with Gasteiger partial charge in [0.15, 0.2) is 0 Å². The number of carboxylic acids is 1. The van der Waals surface area contributed by atoms with E-state index in [1.54, 1.807) is 30.3 Å². The van der Waals surface area contributed by atoms with Crippen LogP contribution in [0, 0.1) is 11.8 Å². The first-order chi connectivity index (χ1) is 18.0. The summed E-state index contributed by atoms with van der Waals surface area (Å²) in [5.74, 6) is -0.523. The van der Waals surface area contributed by atoms with E-state index in [1.165, 1.54) is 0 Å². The summed E-state index contributed by atoms with van der Waals surface area (Å²) in [6, 6.07) is 12.0. The molecule has 38 heavy (non-hydrogen) atoms. The van der Waals surface area contributed by atoms with Gasteiger partial charge < -0.3 is 15.3 Å². The van der Waals surface area contributed by atoms with E-state index in [4.69, 9.17) is 33.3 Å². The maximum Gasteiger partial charge on any atom is 0.305 e. The van der Waals surface area contributed by atoms with Crippen molar-refractivity contribution in [3.05, 3.63) is 69.2 Å². The largest absolute Gasteiger partial charge is 0.481 e. The zero-order chi connectivity index (χ0) is 27.6. The fourth-order valence-corrected chi connectivity index (χ4v) is 6.14. The molecule has 1 fully saturated rings. The Labute approximate surface area is 233 Å². The Bertz CT molecular complexity index is 1240. The number of carboxylic acid groups (broad SMARTS) is 1. The molecule has 202 valence electrons. The molecule has 1 saturated carbocycles. The molecule has 1 aliphatic heterocycles. The third-order valence-electron chi connectivity index (χ3n) is 7.83. The maximum atomic E-state index is 14.1. The Morgan fingerprint density at radius 3 is 2.37 bits per heavy atom. The molecule has 0 bridgehead atoms. The number of carbonyl (C=O) groups excluding carboxylic acids is 2. The molecule has 0 radical (unpaired) electrons. The second-order valence-corrected chi connectivity index (χ2v) is 11.3. The first-order valence-electron chi connectivity index (χ1n) is 13.0. The average molecular weight is 559 g/mol. The first-order valence-corrected chi connectivity index (χ1v) is 13.8. The van der Waals surface area contributed by atoms with Gasteiger partial charge in [-0.25, -0.2) is 0 Å². The summed E-state index contributed by atoms with van der Waals surface area (Å²) in [6.45, 7) is 6.57. The van der Waals surface area contributed by atoms with Gasteiger partial charge in [0.2, 0.25) is 0 Å². The molecular weight excluding hydrogens is 525 g/mol. The monoisotopic (exact) mass is 557 g/mol. The van der Waals surface area contributed by atoms with Crippen LogP contribution in [0.1, 0.15) is 80.4 Å². The van der Waals surface area contributed by atoms with Crippen LogP contribution in [0.15, 0.2) is 47.5 Å². The molecule has 4 rings (SSSR count). The number of hydrogen-bond donors (Lipinski definition) is 2. The van der Waals surface area contributed by atoms with E-state index in [-0.39, 0.29) is 30.8 Å². The average Bonchev–Trinajstić information content (AvgIpc) is 3.13. The van der Waals surface area contributed by atoms with Crippen LogP contribution in [0.2, 0.25) is 10.0 Å². The Morgan fingerprint density at radius 2 is 1.79 bits per heavy atom. The van der Waals surface area contributed by atoms with Crippen LogP contribution in [0.25, 0.3) is 0 Å². The van der Waals surface area contributed by atoms with E-state index < -0.39 is 11.6 Å². The number of nitrogens with one attached hydrogen (secondary N) is 1. The van der Waals surface area contributed by atoms with Crippen molar-refractivity contribution in [3.63, 3.8) is 0 Å². The first kappa shape index (κ1) is 28.1. The quantitative estimate of drug-likeness (QED) is 0.407. The highest BCUT2D eigenvalue weighted by Gasteiger charge is 2.52. The number of aliphatic imine (C=N–C) groups is 1. The van der Waals surface area contributed by atoms with Crippen LogP contribution in [0.3, 0.4) is 0 Å². The molecule has 0 aromatic heterocycles. The molecule has 2 N–H and O–H groups in total. The lowest BCUT2D eigenvalue weighted by Gasteiger charge is -2.47. The molecule has 4 atom stereocenters. The minimum Gasteiger partial charge on any atom is -0.481 e. The molecule has 1 aliphatic carbocycles. The maximum absolute atomic E-state index is 14.1. The summed E-state index contributed by atoms with van der Waals surface area (Å²) in [5, 5.41) is 12.3. The van der Waals surface area contributed by atoms with E-state index >= 15 is 0 Å². The number of nitrogens with zero attached hydrogens (tertiary/aromatic N) is 2. The van der Waals surface area contributed by atoms with Gasteiger partial charge in [-0.15, -0.1) is 0 Å². The molecular formula is C29H33Cl2N3O4. The Morgan fingerprint density at radius 1 is 1.13 bits per heavy atom. The van der Waals surface area contributed by atoms with Crippen molar-refractivity contribution < 1.29 is 19.5 Å². The summed E-state index contributed by atoms with van der Waals surface area (Å²) in [6.07, 6.45) is 3.02. The SMILES string of the molecule is CCC(c1ccc(C(=O)NCCC(=O)O)cc1)N1C(=O)C(c2cc(Cl)cc(Cl)c2)=NC12CCC(C)C(C)C2. The predicted octanol–water partition coefficient (Wildman–Crippen LogP) is 6.13. The topological polar surface area (TPSA) is 99.1 Å². The third kappa shape index (κ3) is 5.74. The summed E-state index contributed by atoms with van der Waals surface area (Å²) >= 11 is 12.6. The van der Waals surface area contributed by atoms with E-state index in [0.717, 1.165) is 24.8 Å². The third-order valence-corrected chi connectivity index (χ3v) is 8.26. The second-order valence-electron chi connectivity index (χ2n) is 10.4. The molecule has 2 aromatic carbocycles. The molecule has 2 aromatic rings. The van der Waals surface area contributed by atoms with Gasteiger partial charge in [-0.2, -0.15) is 0 Å². The molecule has 9 heteroatoms. The van der Waals surface area contributed by atoms with Crippen molar-refractivity contribution in [1.82, 2.24) is 10.2 Å². The van der Waals surface area contributed by atoms with Gasteiger partial charge in [0.25, 0.3) is 11.8 Å². The minimum atomic E-state index is -0.969. The van der Waals surface area contributed by atoms with Crippen LogP contribution in [0.4, 0.5) is 0 Å². The highest BCUT2D eigenvalue weighted by atomic mass is 35.5. The Hall–Kier alpha value is -2.90. The smallest absolute Gasteiger partial charge is 0.305 e. The Balaban J connectivity index is 1.67. The van der Waals surface area contributed by atoms with Gasteiger partial charge in [0, 0.05) is 27.7 Å². The molecule has 7 nitrogen and oxygen atoms in total. The van der Waals surface area contributed by atoms with Crippen molar-refractivity contribution in [2.24, 2.45) is 16.8 Å². The van der Waals surface area contributed by atoms with Gasteiger partial charge in [0.1, 0.15) is 11.4 Å². The van der Waals surface area contributed by atoms with Crippen molar-refractivity contribution in [3.8, 4) is 0 Å². The highest BCUT2D eigenvalue weighted by Crippen LogP contribution is 2.48. The van der Waals surface area contributed by atoms with E-state index in [2.05, 4.69) is 19.2 Å². The van der Waals surface area contributed by atoms with Crippen molar-refractivity contribution >= 4 is 46.7 Å². The van der Waals surface area contributed by atoms with E-state index in [0.29, 0.717) is 45.1 Å². The second kappa shape index (κ2) is 11.5. The summed E-state index contributed by atoms with van der Waals surface area (Å²) in [5.41, 5.74) is 1.67. The van der Waals surface area contributed by atoms with Crippen LogP contribution in [0.5, 0.6) is 0 Å². The molecule has 1 heterocycles. The zero-order valence-corrected chi connectivity index (χ0v) is 23.4.